The molecule has 0 fully saturated rings. The maximum atomic E-state index is 10.7. The Morgan fingerprint density at radius 2 is 1.83 bits per heavy atom. The zero-order chi connectivity index (χ0) is 9.56. The molecule has 12 heavy (non-hydrogen) atoms. The molecule has 0 unspecified atom stereocenters. The number of aromatic hydroxyl groups is 1. The van der Waals surface area contributed by atoms with Gasteiger partial charge >= 0.3 is 0 Å². The Morgan fingerprint density at radius 3 is 2.17 bits per heavy atom. The molecule has 0 radical (unpaired) electrons. The Morgan fingerprint density at radius 1 is 1.33 bits per heavy atom. The quantitative estimate of drug-likeness (QED) is 0.541. The average Bonchev–Trinajstić information content (AvgIpc) is 2.08. The second-order valence-corrected chi connectivity index (χ2v) is 2.07. The van der Waals surface area contributed by atoms with Crippen molar-refractivity contribution in [1.29, 1.82) is 0 Å². The van der Waals surface area contributed by atoms with Gasteiger partial charge in [-0.2, -0.15) is 0 Å². The van der Waals surface area contributed by atoms with E-state index >= 15 is 0 Å². The van der Waals surface area contributed by atoms with Crippen LogP contribution in [0.5, 0.6) is 5.75 Å². The van der Waals surface area contributed by atoms with Crippen LogP contribution in [0.1, 0.15) is 17.3 Å². The number of carbonyl (C=O) groups excluding carboxylic acids is 1. The fourth-order valence-electron chi connectivity index (χ4n) is 0.771. The Hall–Kier alpha value is -1.02. The van der Waals surface area contributed by atoms with Crippen LogP contribution < -0.4 is 0 Å². The predicted molar refractivity (Wildman–Crippen MR) is 49.9 cm³/mol. The summed E-state index contributed by atoms with van der Waals surface area (Å²) in [6, 6.07) is 6.49. The smallest absolute Gasteiger partial charge is 0.163 e. The van der Waals surface area contributed by atoms with Crippen LogP contribution in [0.3, 0.4) is 0 Å². The first-order valence-corrected chi connectivity index (χ1v) is 4.14. The fourth-order valence-corrected chi connectivity index (χ4v) is 0.771. The largest absolute Gasteiger partial charge is 0.507 e. The molecule has 1 aromatic carbocycles. The number of ketones is 1. The molecule has 0 aliphatic rings. The number of para-hydroxylation sites is 1. The van der Waals surface area contributed by atoms with Gasteiger partial charge in [0.2, 0.25) is 0 Å². The Kier molecular flexibility index (Phi) is 5.13. The molecule has 0 saturated heterocycles. The molecule has 0 aliphatic carbocycles. The summed E-state index contributed by atoms with van der Waals surface area (Å²) in [5, 5.41) is 9.06. The van der Waals surface area contributed by atoms with Gasteiger partial charge in [-0.25, -0.2) is 0 Å². The maximum Gasteiger partial charge on any atom is 0.163 e. The first-order chi connectivity index (χ1) is 5.72. The Labute approximate surface area is 76.8 Å². The number of phenolic OH excluding ortho intramolecular Hbond substituents is 1. The SMILES string of the molecule is CC(=O)c1ccccc1O.CCl. The highest BCUT2D eigenvalue weighted by molar-refractivity contribution is 6.15. The van der Waals surface area contributed by atoms with Gasteiger partial charge in [0.1, 0.15) is 5.75 Å². The summed E-state index contributed by atoms with van der Waals surface area (Å²) in [6.45, 7) is 1.43. The van der Waals surface area contributed by atoms with Crippen LogP contribution in [0.2, 0.25) is 0 Å². The minimum Gasteiger partial charge on any atom is -0.507 e. The lowest BCUT2D eigenvalue weighted by atomic mass is 10.1. The van der Waals surface area contributed by atoms with Crippen molar-refractivity contribution in [3.05, 3.63) is 29.8 Å². The van der Waals surface area contributed by atoms with Crippen LogP contribution in [-0.4, -0.2) is 17.3 Å². The third-order valence-corrected chi connectivity index (χ3v) is 1.28. The standard InChI is InChI=1S/C8H8O2.CH3Cl/c1-6(9)7-4-2-3-5-8(7)10;1-2/h2-5,10H,1H3;1H3. The monoisotopic (exact) mass is 186 g/mol. The summed E-state index contributed by atoms with van der Waals surface area (Å²) in [7, 11) is 0. The van der Waals surface area contributed by atoms with Crippen molar-refractivity contribution in [1.82, 2.24) is 0 Å². The van der Waals surface area contributed by atoms with E-state index in [9.17, 15) is 4.79 Å². The second kappa shape index (κ2) is 5.61. The lowest BCUT2D eigenvalue weighted by molar-refractivity contribution is 0.101. The molecule has 1 rings (SSSR count). The van der Waals surface area contributed by atoms with E-state index in [0.717, 1.165) is 0 Å². The van der Waals surface area contributed by atoms with E-state index in [1.54, 1.807) is 18.2 Å². The molecule has 0 saturated carbocycles. The number of hydrogen-bond donors (Lipinski definition) is 1. The van der Waals surface area contributed by atoms with E-state index < -0.39 is 0 Å². The van der Waals surface area contributed by atoms with Gasteiger partial charge in [0.25, 0.3) is 0 Å². The van der Waals surface area contributed by atoms with Crippen LogP contribution in [0.4, 0.5) is 0 Å². The van der Waals surface area contributed by atoms with Crippen molar-refractivity contribution < 1.29 is 9.90 Å². The zero-order valence-electron chi connectivity index (χ0n) is 7.04. The number of hydrogen-bond acceptors (Lipinski definition) is 2. The van der Waals surface area contributed by atoms with Gasteiger partial charge in [-0.15, -0.1) is 11.6 Å². The summed E-state index contributed by atoms with van der Waals surface area (Å²) in [5.74, 6) is -0.0619. The fraction of sp³-hybridized carbons (Fsp3) is 0.222. The second-order valence-electron chi connectivity index (χ2n) is 2.07. The molecule has 0 amide bonds. The molecule has 2 nitrogen and oxygen atoms in total. The highest BCUT2D eigenvalue weighted by Crippen LogP contribution is 2.15. The van der Waals surface area contributed by atoms with Crippen molar-refractivity contribution in [2.24, 2.45) is 0 Å². The van der Waals surface area contributed by atoms with Crippen LogP contribution >= 0.6 is 11.6 Å². The van der Waals surface area contributed by atoms with Crippen molar-refractivity contribution >= 4 is 17.4 Å². The average molecular weight is 187 g/mol. The van der Waals surface area contributed by atoms with Crippen LogP contribution in [0.15, 0.2) is 24.3 Å². The minimum atomic E-state index is -0.113. The maximum absolute atomic E-state index is 10.7. The van der Waals surface area contributed by atoms with Gasteiger partial charge in [-0.05, 0) is 19.1 Å². The van der Waals surface area contributed by atoms with Gasteiger partial charge in [0.15, 0.2) is 5.78 Å². The Balaban J connectivity index is 0.000000561. The molecule has 0 bridgehead atoms. The molecule has 3 heteroatoms. The first-order valence-electron chi connectivity index (χ1n) is 3.38. The van der Waals surface area contributed by atoms with Crippen molar-refractivity contribution in [2.75, 3.05) is 6.38 Å². The van der Waals surface area contributed by atoms with E-state index in [0.29, 0.717) is 5.56 Å². The molecule has 0 aromatic heterocycles. The molecule has 1 aromatic rings. The third-order valence-electron chi connectivity index (χ3n) is 1.28. The topological polar surface area (TPSA) is 37.3 Å². The van der Waals surface area contributed by atoms with Crippen molar-refractivity contribution in [3.63, 3.8) is 0 Å². The number of phenols is 1. The summed E-state index contributed by atoms with van der Waals surface area (Å²) in [4.78, 5) is 10.7. The number of carbonyl (C=O) groups is 1. The number of Topliss-reactive ketones (excluding diaryl/α,β-unsaturated/α-hetero) is 1. The molecule has 1 N–H and O–H groups in total. The number of rotatable bonds is 1. The molecule has 0 atom stereocenters. The molecule has 0 heterocycles. The summed E-state index contributed by atoms with van der Waals surface area (Å²) in [6.07, 6.45) is 1.47. The Bertz CT molecular complexity index is 258. The van der Waals surface area contributed by atoms with Gasteiger partial charge in [0.05, 0.1) is 5.56 Å². The molecular weight excluding hydrogens is 176 g/mol. The third kappa shape index (κ3) is 2.93. The predicted octanol–water partition coefficient (Wildman–Crippen LogP) is 2.45. The van der Waals surface area contributed by atoms with Crippen LogP contribution in [-0.2, 0) is 0 Å². The van der Waals surface area contributed by atoms with Gasteiger partial charge in [-0.3, -0.25) is 4.79 Å². The first kappa shape index (κ1) is 11.0. The van der Waals surface area contributed by atoms with Gasteiger partial charge < -0.3 is 5.11 Å². The number of alkyl halides is 1. The minimum absolute atomic E-state index is 0.0509. The molecule has 66 valence electrons. The highest BCUT2D eigenvalue weighted by Gasteiger charge is 2.02. The summed E-state index contributed by atoms with van der Waals surface area (Å²) >= 11 is 4.64. The summed E-state index contributed by atoms with van der Waals surface area (Å²) in [5.41, 5.74) is 0.377. The van der Waals surface area contributed by atoms with E-state index in [1.165, 1.54) is 19.4 Å². The van der Waals surface area contributed by atoms with Gasteiger partial charge in [-0.1, -0.05) is 12.1 Å². The van der Waals surface area contributed by atoms with Gasteiger partial charge in [0, 0.05) is 6.38 Å². The number of halogens is 1. The van der Waals surface area contributed by atoms with E-state index in [4.69, 9.17) is 5.11 Å². The van der Waals surface area contributed by atoms with Crippen molar-refractivity contribution in [2.45, 2.75) is 6.92 Å². The molecule has 0 spiro atoms. The lowest BCUT2D eigenvalue weighted by Gasteiger charge is -1.96. The lowest BCUT2D eigenvalue weighted by Crippen LogP contribution is -1.90. The highest BCUT2D eigenvalue weighted by atomic mass is 35.5. The summed E-state index contributed by atoms with van der Waals surface area (Å²) < 4.78 is 0. The van der Waals surface area contributed by atoms with Crippen LogP contribution in [0, 0.1) is 0 Å². The van der Waals surface area contributed by atoms with Crippen LogP contribution in [0.25, 0.3) is 0 Å². The normalized spacial score (nSPS) is 8.25. The molecule has 0 aliphatic heterocycles. The van der Waals surface area contributed by atoms with E-state index in [2.05, 4.69) is 11.6 Å². The number of benzene rings is 1. The van der Waals surface area contributed by atoms with E-state index in [1.807, 2.05) is 0 Å². The zero-order valence-corrected chi connectivity index (χ0v) is 7.80. The molecular formula is C9H11ClO2. The van der Waals surface area contributed by atoms with E-state index in [-0.39, 0.29) is 11.5 Å². The van der Waals surface area contributed by atoms with Crippen molar-refractivity contribution in [3.8, 4) is 5.75 Å².